The molecule has 1 N–H and O–H groups in total. The number of nitrogens with zero attached hydrogens (tertiary/aromatic N) is 2. The highest BCUT2D eigenvalue weighted by molar-refractivity contribution is 6.30. The zero-order chi connectivity index (χ0) is 14.7. The van der Waals surface area contributed by atoms with Crippen LogP contribution in [-0.4, -0.2) is 16.0 Å². The summed E-state index contributed by atoms with van der Waals surface area (Å²) in [5.74, 6) is 2.96. The van der Waals surface area contributed by atoms with Crippen LogP contribution in [-0.2, 0) is 0 Å². The van der Waals surface area contributed by atoms with Gasteiger partial charge in [-0.25, -0.2) is 9.97 Å². The molecule has 20 heavy (non-hydrogen) atoms. The van der Waals surface area contributed by atoms with Crippen LogP contribution in [0.15, 0.2) is 0 Å². The van der Waals surface area contributed by atoms with Gasteiger partial charge in [0, 0.05) is 17.5 Å². The molecule has 0 saturated heterocycles. The van der Waals surface area contributed by atoms with Crippen LogP contribution >= 0.6 is 11.6 Å². The van der Waals surface area contributed by atoms with Gasteiger partial charge in [0.1, 0.15) is 16.8 Å². The molecule has 0 spiro atoms. The number of halogens is 1. The number of rotatable bonds is 4. The highest BCUT2D eigenvalue weighted by atomic mass is 35.5. The zero-order valence-electron chi connectivity index (χ0n) is 13.0. The molecule has 1 aromatic heterocycles. The molecule has 0 amide bonds. The van der Waals surface area contributed by atoms with Crippen molar-refractivity contribution in [2.24, 2.45) is 5.92 Å². The fourth-order valence-electron chi connectivity index (χ4n) is 2.81. The number of nitrogens with one attached hydrogen (secondary N) is 1. The summed E-state index contributed by atoms with van der Waals surface area (Å²) < 4.78 is 0. The van der Waals surface area contributed by atoms with Gasteiger partial charge in [0.25, 0.3) is 0 Å². The predicted octanol–water partition coefficient (Wildman–Crippen LogP) is 4.94. The van der Waals surface area contributed by atoms with E-state index in [1.807, 2.05) is 6.92 Å². The lowest BCUT2D eigenvalue weighted by Crippen LogP contribution is -2.27. The Morgan fingerprint density at radius 1 is 1.20 bits per heavy atom. The lowest BCUT2D eigenvalue weighted by atomic mass is 9.84. The van der Waals surface area contributed by atoms with E-state index in [0.29, 0.717) is 17.1 Å². The number of hydrogen-bond acceptors (Lipinski definition) is 3. The van der Waals surface area contributed by atoms with Gasteiger partial charge < -0.3 is 5.32 Å². The van der Waals surface area contributed by atoms with Crippen LogP contribution in [0, 0.1) is 12.8 Å². The number of aromatic nitrogens is 2. The van der Waals surface area contributed by atoms with Crippen molar-refractivity contribution in [1.82, 2.24) is 9.97 Å². The Balaban J connectivity index is 2.09. The van der Waals surface area contributed by atoms with Crippen LogP contribution in [0.5, 0.6) is 0 Å². The first kappa shape index (κ1) is 15.6. The Kier molecular flexibility index (Phi) is 5.25. The second kappa shape index (κ2) is 6.75. The van der Waals surface area contributed by atoms with Gasteiger partial charge in [-0.05, 0) is 38.5 Å². The minimum Gasteiger partial charge on any atom is -0.367 e. The standard InChI is InChI=1S/C16H26ClN3/c1-5-12-6-8-13(9-7-12)18-16-11(4)14(17)19-15(20-16)10(2)3/h10,12-13H,5-9H2,1-4H3,(H,18,19,20). The summed E-state index contributed by atoms with van der Waals surface area (Å²) in [4.78, 5) is 9.02. The van der Waals surface area contributed by atoms with E-state index in [1.54, 1.807) is 0 Å². The van der Waals surface area contributed by atoms with Gasteiger partial charge >= 0.3 is 0 Å². The molecule has 4 heteroatoms. The van der Waals surface area contributed by atoms with Gasteiger partial charge in [-0.2, -0.15) is 0 Å². The van der Waals surface area contributed by atoms with E-state index in [2.05, 4.69) is 36.1 Å². The maximum absolute atomic E-state index is 6.24. The Hall–Kier alpha value is -0.830. The molecule has 2 rings (SSSR count). The molecule has 0 unspecified atom stereocenters. The molecule has 0 atom stereocenters. The number of anilines is 1. The van der Waals surface area contributed by atoms with Crippen molar-refractivity contribution < 1.29 is 0 Å². The average Bonchev–Trinajstić information content (AvgIpc) is 2.44. The minimum atomic E-state index is 0.296. The van der Waals surface area contributed by atoms with Gasteiger partial charge in [-0.1, -0.05) is 38.8 Å². The van der Waals surface area contributed by atoms with E-state index >= 15 is 0 Å². The minimum absolute atomic E-state index is 0.296. The molecule has 1 saturated carbocycles. The molecule has 1 aromatic rings. The molecular formula is C16H26ClN3. The summed E-state index contributed by atoms with van der Waals surface area (Å²) in [6.07, 6.45) is 6.42. The van der Waals surface area contributed by atoms with Crippen molar-refractivity contribution >= 4 is 17.4 Å². The summed E-state index contributed by atoms with van der Waals surface area (Å²) in [6, 6.07) is 0.530. The largest absolute Gasteiger partial charge is 0.367 e. The molecule has 1 aliphatic rings. The van der Waals surface area contributed by atoms with Crippen LogP contribution < -0.4 is 5.32 Å². The molecule has 0 aliphatic heterocycles. The summed E-state index contributed by atoms with van der Waals surface area (Å²) in [7, 11) is 0. The van der Waals surface area contributed by atoms with Crippen molar-refractivity contribution in [3.05, 3.63) is 16.5 Å². The van der Waals surface area contributed by atoms with E-state index in [1.165, 1.54) is 32.1 Å². The highest BCUT2D eigenvalue weighted by Gasteiger charge is 2.21. The van der Waals surface area contributed by atoms with Gasteiger partial charge in [-0.3, -0.25) is 0 Å². The van der Waals surface area contributed by atoms with Crippen LogP contribution in [0.25, 0.3) is 0 Å². The van der Waals surface area contributed by atoms with Crippen LogP contribution in [0.1, 0.15) is 70.2 Å². The lowest BCUT2D eigenvalue weighted by molar-refractivity contribution is 0.329. The third kappa shape index (κ3) is 3.63. The SMILES string of the molecule is CCC1CCC(Nc2nc(C(C)C)nc(Cl)c2C)CC1. The Morgan fingerprint density at radius 2 is 1.85 bits per heavy atom. The van der Waals surface area contributed by atoms with Gasteiger partial charge in [0.2, 0.25) is 0 Å². The smallest absolute Gasteiger partial charge is 0.137 e. The van der Waals surface area contributed by atoms with E-state index in [9.17, 15) is 0 Å². The van der Waals surface area contributed by atoms with Crippen molar-refractivity contribution in [3.63, 3.8) is 0 Å². The van der Waals surface area contributed by atoms with Gasteiger partial charge in [0.15, 0.2) is 0 Å². The quantitative estimate of drug-likeness (QED) is 0.799. The molecule has 0 aromatic carbocycles. The maximum atomic E-state index is 6.24. The Labute approximate surface area is 127 Å². The number of hydrogen-bond donors (Lipinski definition) is 1. The maximum Gasteiger partial charge on any atom is 0.137 e. The summed E-state index contributed by atoms with van der Waals surface area (Å²) in [6.45, 7) is 8.47. The van der Waals surface area contributed by atoms with E-state index in [4.69, 9.17) is 11.6 Å². The molecule has 0 radical (unpaired) electrons. The third-order valence-electron chi connectivity index (χ3n) is 4.39. The normalized spacial score (nSPS) is 23.1. The van der Waals surface area contributed by atoms with Crippen molar-refractivity contribution in [1.29, 1.82) is 0 Å². The molecule has 1 aliphatic carbocycles. The lowest BCUT2D eigenvalue weighted by Gasteiger charge is -2.29. The summed E-state index contributed by atoms with van der Waals surface area (Å²) in [5, 5.41) is 4.17. The van der Waals surface area contributed by atoms with Crippen molar-refractivity contribution in [3.8, 4) is 0 Å². The topological polar surface area (TPSA) is 37.8 Å². The van der Waals surface area contributed by atoms with E-state index in [0.717, 1.165) is 23.1 Å². The molecule has 112 valence electrons. The van der Waals surface area contributed by atoms with Crippen molar-refractivity contribution in [2.75, 3.05) is 5.32 Å². The van der Waals surface area contributed by atoms with Gasteiger partial charge in [-0.15, -0.1) is 0 Å². The molecule has 3 nitrogen and oxygen atoms in total. The predicted molar refractivity (Wildman–Crippen MR) is 85.5 cm³/mol. The molecule has 0 bridgehead atoms. The Morgan fingerprint density at radius 3 is 2.40 bits per heavy atom. The third-order valence-corrected chi connectivity index (χ3v) is 4.75. The van der Waals surface area contributed by atoms with Crippen LogP contribution in [0.2, 0.25) is 5.15 Å². The van der Waals surface area contributed by atoms with E-state index in [-0.39, 0.29) is 0 Å². The Bertz CT molecular complexity index is 451. The van der Waals surface area contributed by atoms with Gasteiger partial charge in [0.05, 0.1) is 0 Å². The average molecular weight is 296 g/mol. The first-order valence-corrected chi connectivity index (χ1v) is 8.19. The summed E-state index contributed by atoms with van der Waals surface area (Å²) in [5.41, 5.74) is 0.966. The van der Waals surface area contributed by atoms with Crippen molar-refractivity contribution in [2.45, 2.75) is 71.8 Å². The first-order valence-electron chi connectivity index (χ1n) is 7.81. The van der Waals surface area contributed by atoms with Crippen LogP contribution in [0.3, 0.4) is 0 Å². The summed E-state index contributed by atoms with van der Waals surface area (Å²) >= 11 is 6.24. The van der Waals surface area contributed by atoms with E-state index < -0.39 is 0 Å². The second-order valence-corrected chi connectivity index (χ2v) is 6.63. The highest BCUT2D eigenvalue weighted by Crippen LogP contribution is 2.30. The second-order valence-electron chi connectivity index (χ2n) is 6.27. The molecule has 1 fully saturated rings. The fourth-order valence-corrected chi connectivity index (χ4v) is 2.99. The molecular weight excluding hydrogens is 270 g/mol. The monoisotopic (exact) mass is 295 g/mol. The zero-order valence-corrected chi connectivity index (χ0v) is 13.8. The molecule has 1 heterocycles. The van der Waals surface area contributed by atoms with Crippen LogP contribution in [0.4, 0.5) is 5.82 Å². The fraction of sp³-hybridized carbons (Fsp3) is 0.750. The first-order chi connectivity index (χ1) is 9.51.